The summed E-state index contributed by atoms with van der Waals surface area (Å²) in [5.74, 6) is -0.206. The standard InChI is InChI=1S/C11H11ClO3/c1-15-9-3-2-7(12)6-8(9)11(4-5-11)10(13)14/h2-3,6H,4-5H2,1H3,(H,13,14). The number of benzene rings is 1. The second-order valence-electron chi connectivity index (χ2n) is 3.73. The summed E-state index contributed by atoms with van der Waals surface area (Å²) in [6.45, 7) is 0. The van der Waals surface area contributed by atoms with Gasteiger partial charge in [0.1, 0.15) is 5.75 Å². The van der Waals surface area contributed by atoms with Gasteiger partial charge < -0.3 is 9.84 Å². The zero-order valence-electron chi connectivity index (χ0n) is 8.29. The second-order valence-corrected chi connectivity index (χ2v) is 4.17. The molecule has 15 heavy (non-hydrogen) atoms. The van der Waals surface area contributed by atoms with Crippen molar-refractivity contribution in [3.05, 3.63) is 28.8 Å². The fourth-order valence-electron chi connectivity index (χ4n) is 1.78. The number of halogens is 1. The second kappa shape index (κ2) is 3.42. The first-order chi connectivity index (χ1) is 7.10. The third-order valence-corrected chi connectivity index (χ3v) is 3.07. The van der Waals surface area contributed by atoms with Gasteiger partial charge in [-0.25, -0.2) is 0 Å². The number of carboxylic acids is 1. The lowest BCUT2D eigenvalue weighted by molar-refractivity contribution is -0.140. The molecule has 0 spiro atoms. The van der Waals surface area contributed by atoms with Crippen LogP contribution in [0.3, 0.4) is 0 Å². The van der Waals surface area contributed by atoms with Crippen molar-refractivity contribution < 1.29 is 14.6 Å². The molecule has 1 aliphatic carbocycles. The Hall–Kier alpha value is -1.22. The van der Waals surface area contributed by atoms with E-state index in [0.717, 1.165) is 0 Å². The lowest BCUT2D eigenvalue weighted by Gasteiger charge is -2.14. The lowest BCUT2D eigenvalue weighted by atomic mass is 9.95. The molecular formula is C11H11ClO3. The summed E-state index contributed by atoms with van der Waals surface area (Å²) < 4.78 is 5.15. The van der Waals surface area contributed by atoms with Crippen LogP contribution in [0.15, 0.2) is 18.2 Å². The average Bonchev–Trinajstić information content (AvgIpc) is 2.98. The van der Waals surface area contributed by atoms with Gasteiger partial charge in [-0.1, -0.05) is 11.6 Å². The first-order valence-electron chi connectivity index (χ1n) is 4.67. The number of carboxylic acid groups (broad SMARTS) is 1. The lowest BCUT2D eigenvalue weighted by Crippen LogP contribution is -2.20. The third kappa shape index (κ3) is 1.57. The van der Waals surface area contributed by atoms with Crippen LogP contribution in [0, 0.1) is 0 Å². The highest BCUT2D eigenvalue weighted by atomic mass is 35.5. The monoisotopic (exact) mass is 226 g/mol. The maximum absolute atomic E-state index is 11.2. The number of rotatable bonds is 3. The van der Waals surface area contributed by atoms with Crippen molar-refractivity contribution in [3.63, 3.8) is 0 Å². The molecule has 4 heteroatoms. The van der Waals surface area contributed by atoms with Gasteiger partial charge in [-0.2, -0.15) is 0 Å². The van der Waals surface area contributed by atoms with E-state index < -0.39 is 11.4 Å². The van der Waals surface area contributed by atoms with E-state index in [1.165, 1.54) is 7.11 Å². The van der Waals surface area contributed by atoms with Gasteiger partial charge in [-0.3, -0.25) is 4.79 Å². The Kier molecular flexibility index (Phi) is 2.35. The first kappa shape index (κ1) is 10.3. The minimum Gasteiger partial charge on any atom is -0.496 e. The van der Waals surface area contributed by atoms with E-state index in [0.29, 0.717) is 29.2 Å². The Labute approximate surface area is 92.6 Å². The zero-order chi connectivity index (χ0) is 11.1. The van der Waals surface area contributed by atoms with Gasteiger partial charge in [0, 0.05) is 10.6 Å². The van der Waals surface area contributed by atoms with Crippen LogP contribution < -0.4 is 4.74 Å². The summed E-state index contributed by atoms with van der Waals surface area (Å²) in [4.78, 5) is 11.2. The zero-order valence-corrected chi connectivity index (χ0v) is 9.04. The Morgan fingerprint density at radius 2 is 2.20 bits per heavy atom. The van der Waals surface area contributed by atoms with Crippen LogP contribution in [0.2, 0.25) is 5.02 Å². The summed E-state index contributed by atoms with van der Waals surface area (Å²) in [7, 11) is 1.53. The molecule has 1 aliphatic rings. The molecule has 3 nitrogen and oxygen atoms in total. The maximum atomic E-state index is 11.2. The van der Waals surface area contributed by atoms with E-state index in [9.17, 15) is 4.79 Å². The Bertz CT molecular complexity index is 410. The molecule has 0 heterocycles. The van der Waals surface area contributed by atoms with Crippen LogP contribution in [0.1, 0.15) is 18.4 Å². The number of hydrogen-bond donors (Lipinski definition) is 1. The van der Waals surface area contributed by atoms with Gasteiger partial charge in [0.25, 0.3) is 0 Å². The summed E-state index contributed by atoms with van der Waals surface area (Å²) in [6, 6.07) is 5.09. The Balaban J connectivity index is 2.51. The van der Waals surface area contributed by atoms with Gasteiger partial charge in [0.05, 0.1) is 12.5 Å². The molecule has 0 aliphatic heterocycles. The van der Waals surface area contributed by atoms with Gasteiger partial charge in [-0.05, 0) is 31.0 Å². The minimum atomic E-state index is -0.803. The summed E-state index contributed by atoms with van der Waals surface area (Å²) in [5.41, 5.74) is -0.0824. The van der Waals surface area contributed by atoms with Crippen molar-refractivity contribution >= 4 is 17.6 Å². The number of methoxy groups -OCH3 is 1. The Morgan fingerprint density at radius 1 is 1.53 bits per heavy atom. The molecule has 1 saturated carbocycles. The molecule has 0 bridgehead atoms. The highest BCUT2D eigenvalue weighted by Gasteiger charge is 2.53. The molecule has 1 aromatic carbocycles. The molecular weight excluding hydrogens is 216 g/mol. The smallest absolute Gasteiger partial charge is 0.314 e. The van der Waals surface area contributed by atoms with Crippen LogP contribution in [0.25, 0.3) is 0 Å². The molecule has 0 aromatic heterocycles. The molecule has 0 saturated heterocycles. The molecule has 2 rings (SSSR count). The molecule has 0 atom stereocenters. The number of carbonyl (C=O) groups is 1. The molecule has 0 unspecified atom stereocenters. The average molecular weight is 227 g/mol. The van der Waals surface area contributed by atoms with Gasteiger partial charge >= 0.3 is 5.97 Å². The van der Waals surface area contributed by atoms with Crippen molar-refractivity contribution in [2.45, 2.75) is 18.3 Å². The van der Waals surface area contributed by atoms with E-state index >= 15 is 0 Å². The highest BCUT2D eigenvalue weighted by Crippen LogP contribution is 2.52. The maximum Gasteiger partial charge on any atom is 0.314 e. The fraction of sp³-hybridized carbons (Fsp3) is 0.364. The van der Waals surface area contributed by atoms with Crippen LogP contribution in [0.5, 0.6) is 5.75 Å². The van der Waals surface area contributed by atoms with Crippen molar-refractivity contribution in [1.82, 2.24) is 0 Å². The molecule has 1 fully saturated rings. The van der Waals surface area contributed by atoms with Gasteiger partial charge in [-0.15, -0.1) is 0 Å². The van der Waals surface area contributed by atoms with Crippen LogP contribution in [-0.4, -0.2) is 18.2 Å². The van der Waals surface area contributed by atoms with Crippen molar-refractivity contribution in [2.24, 2.45) is 0 Å². The molecule has 0 amide bonds. The molecule has 1 N–H and O–H groups in total. The number of aliphatic carboxylic acids is 1. The predicted molar refractivity (Wildman–Crippen MR) is 56.6 cm³/mol. The third-order valence-electron chi connectivity index (χ3n) is 2.84. The van der Waals surface area contributed by atoms with Crippen molar-refractivity contribution in [1.29, 1.82) is 0 Å². The number of ether oxygens (including phenoxy) is 1. The quantitative estimate of drug-likeness (QED) is 0.861. The summed E-state index contributed by atoms with van der Waals surface area (Å²) in [5, 5.41) is 9.71. The van der Waals surface area contributed by atoms with E-state index in [1.54, 1.807) is 18.2 Å². The summed E-state index contributed by atoms with van der Waals surface area (Å²) in [6.07, 6.45) is 1.30. The minimum absolute atomic E-state index is 0.540. The molecule has 80 valence electrons. The molecule has 1 aromatic rings. The van der Waals surface area contributed by atoms with Gasteiger partial charge in [0.15, 0.2) is 0 Å². The fourth-order valence-corrected chi connectivity index (χ4v) is 1.95. The van der Waals surface area contributed by atoms with Gasteiger partial charge in [0.2, 0.25) is 0 Å². The topological polar surface area (TPSA) is 46.5 Å². The SMILES string of the molecule is COc1ccc(Cl)cc1C1(C(=O)O)CC1. The number of hydrogen-bond acceptors (Lipinski definition) is 2. The van der Waals surface area contributed by atoms with Crippen LogP contribution >= 0.6 is 11.6 Å². The molecule has 0 radical (unpaired) electrons. The largest absolute Gasteiger partial charge is 0.496 e. The van der Waals surface area contributed by atoms with Crippen molar-refractivity contribution in [3.8, 4) is 5.75 Å². The van der Waals surface area contributed by atoms with E-state index in [1.807, 2.05) is 0 Å². The van der Waals surface area contributed by atoms with Crippen LogP contribution in [-0.2, 0) is 10.2 Å². The predicted octanol–water partition coefficient (Wildman–Crippen LogP) is 2.46. The first-order valence-corrected chi connectivity index (χ1v) is 5.05. The highest BCUT2D eigenvalue weighted by molar-refractivity contribution is 6.30. The van der Waals surface area contributed by atoms with E-state index in [2.05, 4.69) is 0 Å². The Morgan fingerprint density at radius 3 is 2.67 bits per heavy atom. The van der Waals surface area contributed by atoms with Crippen molar-refractivity contribution in [2.75, 3.05) is 7.11 Å². The summed E-state index contributed by atoms with van der Waals surface area (Å²) >= 11 is 5.86. The van der Waals surface area contributed by atoms with E-state index in [4.69, 9.17) is 21.4 Å². The van der Waals surface area contributed by atoms with E-state index in [-0.39, 0.29) is 0 Å². The normalized spacial score (nSPS) is 17.2. The van der Waals surface area contributed by atoms with Crippen LogP contribution in [0.4, 0.5) is 0 Å².